The van der Waals surface area contributed by atoms with Gasteiger partial charge < -0.3 is 14.5 Å². The van der Waals surface area contributed by atoms with Crippen LogP contribution in [0, 0.1) is 12.7 Å². The summed E-state index contributed by atoms with van der Waals surface area (Å²) in [5.74, 6) is 0.306. The average Bonchev–Trinajstić information content (AvgIpc) is 3.31. The number of benzene rings is 3. The van der Waals surface area contributed by atoms with Gasteiger partial charge in [-0.25, -0.2) is 4.39 Å². The van der Waals surface area contributed by atoms with Crippen LogP contribution >= 0.6 is 0 Å². The number of amides is 1. The fourth-order valence-corrected chi connectivity index (χ4v) is 3.30. The fourth-order valence-electron chi connectivity index (χ4n) is 3.30. The van der Waals surface area contributed by atoms with Gasteiger partial charge in [0, 0.05) is 18.4 Å². The maximum atomic E-state index is 13.9. The lowest BCUT2D eigenvalue weighted by Crippen LogP contribution is -2.32. The Morgan fingerprint density at radius 3 is 2.48 bits per heavy atom. The Morgan fingerprint density at radius 1 is 1.00 bits per heavy atom. The molecule has 0 radical (unpaired) electrons. The molecule has 7 heteroatoms. The predicted octanol–water partition coefficient (Wildman–Crippen LogP) is 5.05. The zero-order valence-electron chi connectivity index (χ0n) is 18.2. The highest BCUT2D eigenvalue weighted by molar-refractivity contribution is 5.76. The molecule has 33 heavy (non-hydrogen) atoms. The van der Waals surface area contributed by atoms with Gasteiger partial charge >= 0.3 is 0 Å². The lowest BCUT2D eigenvalue weighted by atomic mass is 10.1. The minimum Gasteiger partial charge on any atom is -0.488 e. The largest absolute Gasteiger partial charge is 0.488 e. The molecule has 3 aromatic carbocycles. The minimum absolute atomic E-state index is 0.0921. The molecule has 1 aromatic heterocycles. The zero-order valence-corrected chi connectivity index (χ0v) is 18.2. The van der Waals surface area contributed by atoms with Crippen LogP contribution < -0.4 is 10.1 Å². The van der Waals surface area contributed by atoms with Crippen molar-refractivity contribution in [3.8, 4) is 17.2 Å². The molecule has 1 amide bonds. The Labute approximate surface area is 191 Å². The molecule has 1 heterocycles. The van der Waals surface area contributed by atoms with Crippen LogP contribution in [0.2, 0.25) is 0 Å². The molecule has 1 atom stereocenters. The Morgan fingerprint density at radius 2 is 1.73 bits per heavy atom. The second kappa shape index (κ2) is 10.5. The SMILES string of the molecule is Cc1ccc(-c2nnc(CCC(=O)NC(COc3ccccc3F)c3ccccc3)o2)cc1. The quantitative estimate of drug-likeness (QED) is 0.390. The van der Waals surface area contributed by atoms with Crippen molar-refractivity contribution in [1.29, 1.82) is 0 Å². The first-order chi connectivity index (χ1) is 16.1. The van der Waals surface area contributed by atoms with Gasteiger partial charge in [0.25, 0.3) is 0 Å². The molecule has 0 fully saturated rings. The minimum atomic E-state index is -0.448. The molecule has 0 saturated carbocycles. The molecule has 1 N–H and O–H groups in total. The number of nitrogens with one attached hydrogen (secondary N) is 1. The molecule has 0 spiro atoms. The van der Waals surface area contributed by atoms with E-state index in [4.69, 9.17) is 9.15 Å². The summed E-state index contributed by atoms with van der Waals surface area (Å²) >= 11 is 0. The van der Waals surface area contributed by atoms with Gasteiger partial charge in [-0.05, 0) is 36.8 Å². The Bertz CT molecular complexity index is 1190. The number of carbonyl (C=O) groups excluding carboxylic acids is 1. The molecule has 4 rings (SSSR count). The van der Waals surface area contributed by atoms with E-state index in [-0.39, 0.29) is 24.7 Å². The molecule has 1 unspecified atom stereocenters. The van der Waals surface area contributed by atoms with Crippen molar-refractivity contribution in [1.82, 2.24) is 15.5 Å². The number of nitrogens with zero attached hydrogens (tertiary/aromatic N) is 2. The summed E-state index contributed by atoms with van der Waals surface area (Å²) in [5.41, 5.74) is 2.84. The first-order valence-corrected chi connectivity index (χ1v) is 10.7. The maximum absolute atomic E-state index is 13.9. The van der Waals surface area contributed by atoms with Crippen LogP contribution in [0.1, 0.15) is 29.5 Å². The number of aryl methyl sites for hydroxylation is 2. The average molecular weight is 445 g/mol. The van der Waals surface area contributed by atoms with E-state index in [1.165, 1.54) is 6.07 Å². The van der Waals surface area contributed by atoms with Gasteiger partial charge in [-0.1, -0.05) is 60.2 Å². The summed E-state index contributed by atoms with van der Waals surface area (Å²) in [7, 11) is 0. The summed E-state index contributed by atoms with van der Waals surface area (Å²) in [6, 6.07) is 22.9. The van der Waals surface area contributed by atoms with Crippen LogP contribution in [-0.2, 0) is 11.2 Å². The Kier molecular flexibility index (Phi) is 7.09. The van der Waals surface area contributed by atoms with Crippen molar-refractivity contribution >= 4 is 5.91 Å². The lowest BCUT2D eigenvalue weighted by Gasteiger charge is -2.20. The molecular formula is C26H24FN3O3. The van der Waals surface area contributed by atoms with E-state index in [1.54, 1.807) is 18.2 Å². The van der Waals surface area contributed by atoms with Crippen molar-refractivity contribution in [2.75, 3.05) is 6.61 Å². The fraction of sp³-hybridized carbons (Fsp3) is 0.192. The molecular weight excluding hydrogens is 421 g/mol. The van der Waals surface area contributed by atoms with E-state index in [9.17, 15) is 9.18 Å². The Balaban J connectivity index is 1.37. The highest BCUT2D eigenvalue weighted by Crippen LogP contribution is 2.21. The number of ether oxygens (including phenoxy) is 1. The van der Waals surface area contributed by atoms with E-state index in [1.807, 2.05) is 61.5 Å². The summed E-state index contributed by atoms with van der Waals surface area (Å²) in [4.78, 5) is 12.7. The predicted molar refractivity (Wildman–Crippen MR) is 122 cm³/mol. The second-order valence-electron chi connectivity index (χ2n) is 7.64. The first kappa shape index (κ1) is 22.2. The van der Waals surface area contributed by atoms with Crippen molar-refractivity contribution < 1.29 is 18.3 Å². The summed E-state index contributed by atoms with van der Waals surface area (Å²) < 4.78 is 25.3. The van der Waals surface area contributed by atoms with Gasteiger partial charge in [0.1, 0.15) is 6.61 Å². The third-order valence-electron chi connectivity index (χ3n) is 5.11. The van der Waals surface area contributed by atoms with Crippen LogP contribution in [-0.4, -0.2) is 22.7 Å². The monoisotopic (exact) mass is 445 g/mol. The molecule has 168 valence electrons. The number of halogens is 1. The topological polar surface area (TPSA) is 77.2 Å². The Hall–Kier alpha value is -4.00. The van der Waals surface area contributed by atoms with Crippen molar-refractivity contribution in [2.24, 2.45) is 0 Å². The number of para-hydroxylation sites is 1. The van der Waals surface area contributed by atoms with Gasteiger partial charge in [-0.15, -0.1) is 10.2 Å². The summed E-state index contributed by atoms with van der Waals surface area (Å²) in [6.07, 6.45) is 0.471. The second-order valence-corrected chi connectivity index (χ2v) is 7.64. The van der Waals surface area contributed by atoms with Crippen LogP contribution in [0.5, 0.6) is 5.75 Å². The standard InChI is InChI=1S/C26H24FN3O3/c1-18-11-13-20(14-12-18)26-30-29-25(33-26)16-15-24(31)28-22(19-7-3-2-4-8-19)17-32-23-10-6-5-9-21(23)27/h2-14,22H,15-17H2,1H3,(H,28,31). The molecule has 4 aromatic rings. The highest BCUT2D eigenvalue weighted by atomic mass is 19.1. The summed E-state index contributed by atoms with van der Waals surface area (Å²) in [5, 5.41) is 11.1. The summed E-state index contributed by atoms with van der Waals surface area (Å²) in [6.45, 7) is 2.10. The number of rotatable bonds is 9. The van der Waals surface area contributed by atoms with Gasteiger partial charge in [-0.3, -0.25) is 4.79 Å². The van der Waals surface area contributed by atoms with E-state index in [2.05, 4.69) is 15.5 Å². The normalized spacial score (nSPS) is 11.7. The third-order valence-corrected chi connectivity index (χ3v) is 5.11. The van der Waals surface area contributed by atoms with Crippen LogP contribution in [0.25, 0.3) is 11.5 Å². The van der Waals surface area contributed by atoms with Crippen molar-refractivity contribution in [3.63, 3.8) is 0 Å². The van der Waals surface area contributed by atoms with Crippen molar-refractivity contribution in [2.45, 2.75) is 25.8 Å². The van der Waals surface area contributed by atoms with E-state index < -0.39 is 11.9 Å². The van der Waals surface area contributed by atoms with Gasteiger partial charge in [0.2, 0.25) is 17.7 Å². The number of hydrogen-bond donors (Lipinski definition) is 1. The van der Waals surface area contributed by atoms with Crippen molar-refractivity contribution in [3.05, 3.63) is 102 Å². The zero-order chi connectivity index (χ0) is 23.0. The van der Waals surface area contributed by atoms with Crippen LogP contribution in [0.15, 0.2) is 83.3 Å². The third kappa shape index (κ3) is 6.04. The van der Waals surface area contributed by atoms with E-state index in [0.29, 0.717) is 18.2 Å². The maximum Gasteiger partial charge on any atom is 0.247 e. The number of carbonyl (C=O) groups is 1. The molecule has 0 aliphatic carbocycles. The van der Waals surface area contributed by atoms with Crippen LogP contribution in [0.4, 0.5) is 4.39 Å². The smallest absolute Gasteiger partial charge is 0.247 e. The number of hydrogen-bond acceptors (Lipinski definition) is 5. The van der Waals surface area contributed by atoms with Gasteiger partial charge in [0.05, 0.1) is 6.04 Å². The first-order valence-electron chi connectivity index (χ1n) is 10.7. The van der Waals surface area contributed by atoms with E-state index in [0.717, 1.165) is 16.7 Å². The van der Waals surface area contributed by atoms with E-state index >= 15 is 0 Å². The van der Waals surface area contributed by atoms with Gasteiger partial charge in [-0.2, -0.15) is 0 Å². The molecule has 0 aliphatic heterocycles. The molecule has 0 aliphatic rings. The molecule has 0 saturated heterocycles. The lowest BCUT2D eigenvalue weighted by molar-refractivity contribution is -0.122. The van der Waals surface area contributed by atoms with Crippen LogP contribution in [0.3, 0.4) is 0 Å². The van der Waals surface area contributed by atoms with Gasteiger partial charge in [0.15, 0.2) is 11.6 Å². The highest BCUT2D eigenvalue weighted by Gasteiger charge is 2.17. The molecule has 0 bridgehead atoms. The molecule has 6 nitrogen and oxygen atoms in total. The number of aromatic nitrogens is 2.